The Morgan fingerprint density at radius 1 is 1.24 bits per heavy atom. The topological polar surface area (TPSA) is 92.7 Å². The third-order valence-corrected chi connectivity index (χ3v) is 3.14. The zero-order valence-corrected chi connectivity index (χ0v) is 11.1. The Hall–Kier alpha value is -3.02. The van der Waals surface area contributed by atoms with E-state index in [0.29, 0.717) is 28.8 Å². The molecule has 0 aliphatic heterocycles. The van der Waals surface area contributed by atoms with E-state index in [-0.39, 0.29) is 5.56 Å². The van der Waals surface area contributed by atoms with Gasteiger partial charge in [-0.05, 0) is 18.2 Å². The molecule has 0 spiro atoms. The molecular formula is C15H13N4O2+. The first-order valence-electron chi connectivity index (χ1n) is 6.40. The Balaban J connectivity index is 2.00. The van der Waals surface area contributed by atoms with Crippen molar-refractivity contribution < 1.29 is 9.36 Å². The number of nitrogens with two attached hydrogens (primary N) is 1. The van der Waals surface area contributed by atoms with Gasteiger partial charge in [-0.2, -0.15) is 4.57 Å². The van der Waals surface area contributed by atoms with Crippen LogP contribution in [0, 0.1) is 0 Å². The van der Waals surface area contributed by atoms with Gasteiger partial charge in [0.25, 0.3) is 11.5 Å². The van der Waals surface area contributed by atoms with Crippen LogP contribution in [0.4, 0.5) is 0 Å². The van der Waals surface area contributed by atoms with Crippen LogP contribution in [0.1, 0.15) is 16.2 Å². The Bertz CT molecular complexity index is 886. The van der Waals surface area contributed by atoms with E-state index >= 15 is 0 Å². The number of aromatic amines is 1. The van der Waals surface area contributed by atoms with Gasteiger partial charge in [0.05, 0.1) is 10.9 Å². The van der Waals surface area contributed by atoms with Gasteiger partial charge in [-0.1, -0.05) is 12.1 Å². The maximum absolute atomic E-state index is 12.0. The number of aromatic nitrogens is 3. The quantitative estimate of drug-likeness (QED) is 0.679. The number of para-hydroxylation sites is 1. The molecule has 1 aromatic carbocycles. The number of fused-ring (bicyclic) bond motifs is 1. The molecule has 0 unspecified atom stereocenters. The molecule has 0 aliphatic carbocycles. The van der Waals surface area contributed by atoms with Crippen LogP contribution in [0.3, 0.4) is 0 Å². The molecule has 0 radical (unpaired) electrons. The van der Waals surface area contributed by atoms with Crippen molar-refractivity contribution in [3.8, 4) is 0 Å². The first kappa shape index (κ1) is 13.0. The summed E-state index contributed by atoms with van der Waals surface area (Å²) in [5.74, 6) is 0.0228. The minimum Gasteiger partial charge on any atom is -0.365 e. The molecule has 0 saturated heterocycles. The van der Waals surface area contributed by atoms with Crippen molar-refractivity contribution in [2.24, 2.45) is 5.73 Å². The molecule has 0 fully saturated rings. The highest BCUT2D eigenvalue weighted by Crippen LogP contribution is 2.05. The van der Waals surface area contributed by atoms with Crippen molar-refractivity contribution in [2.75, 3.05) is 0 Å². The Kier molecular flexibility index (Phi) is 3.19. The number of benzene rings is 1. The molecule has 2 aromatic heterocycles. The molecule has 3 aromatic rings. The van der Waals surface area contributed by atoms with Crippen LogP contribution in [0.15, 0.2) is 53.6 Å². The third-order valence-electron chi connectivity index (χ3n) is 3.14. The Morgan fingerprint density at radius 2 is 2.05 bits per heavy atom. The van der Waals surface area contributed by atoms with E-state index in [4.69, 9.17) is 5.73 Å². The summed E-state index contributed by atoms with van der Waals surface area (Å²) in [6.45, 7) is 0.348. The lowest BCUT2D eigenvalue weighted by atomic mass is 10.2. The van der Waals surface area contributed by atoms with Crippen molar-refractivity contribution in [3.05, 3.63) is 70.5 Å². The van der Waals surface area contributed by atoms with Crippen LogP contribution < -0.4 is 15.9 Å². The first-order chi connectivity index (χ1) is 10.1. The highest BCUT2D eigenvalue weighted by molar-refractivity contribution is 5.92. The molecule has 104 valence electrons. The average molecular weight is 281 g/mol. The van der Waals surface area contributed by atoms with E-state index in [1.165, 1.54) is 0 Å². The van der Waals surface area contributed by atoms with Gasteiger partial charge in [-0.3, -0.25) is 9.59 Å². The van der Waals surface area contributed by atoms with Gasteiger partial charge >= 0.3 is 0 Å². The lowest BCUT2D eigenvalue weighted by molar-refractivity contribution is -0.689. The molecule has 6 nitrogen and oxygen atoms in total. The number of hydrogen-bond donors (Lipinski definition) is 2. The molecule has 0 saturated carbocycles. The Labute approximate surface area is 119 Å². The summed E-state index contributed by atoms with van der Waals surface area (Å²) in [5, 5.41) is 0.553. The molecular weight excluding hydrogens is 268 g/mol. The number of primary amides is 1. The van der Waals surface area contributed by atoms with Gasteiger partial charge in [-0.25, -0.2) is 4.98 Å². The largest absolute Gasteiger partial charge is 0.365 e. The van der Waals surface area contributed by atoms with E-state index in [9.17, 15) is 9.59 Å². The van der Waals surface area contributed by atoms with Gasteiger partial charge in [0.1, 0.15) is 5.56 Å². The number of carbonyl (C=O) groups is 1. The molecule has 0 aliphatic rings. The summed E-state index contributed by atoms with van der Waals surface area (Å²) in [4.78, 5) is 30.3. The van der Waals surface area contributed by atoms with Crippen molar-refractivity contribution >= 4 is 16.8 Å². The van der Waals surface area contributed by atoms with Crippen molar-refractivity contribution in [1.29, 1.82) is 0 Å². The summed E-state index contributed by atoms with van der Waals surface area (Å²) in [5.41, 5.74) is 6.12. The van der Waals surface area contributed by atoms with Crippen LogP contribution in [0.25, 0.3) is 10.9 Å². The van der Waals surface area contributed by atoms with Gasteiger partial charge in [-0.15, -0.1) is 0 Å². The average Bonchev–Trinajstić information content (AvgIpc) is 2.47. The number of carbonyl (C=O) groups excluding carboxylic acids is 1. The van der Waals surface area contributed by atoms with Gasteiger partial charge < -0.3 is 10.7 Å². The Morgan fingerprint density at radius 3 is 2.86 bits per heavy atom. The normalized spacial score (nSPS) is 10.7. The maximum atomic E-state index is 12.0. The summed E-state index contributed by atoms with van der Waals surface area (Å²) < 4.78 is 1.74. The lowest BCUT2D eigenvalue weighted by Gasteiger charge is -2.01. The van der Waals surface area contributed by atoms with Crippen LogP contribution in [-0.2, 0) is 6.54 Å². The number of pyridine rings is 1. The summed E-state index contributed by atoms with van der Waals surface area (Å²) >= 11 is 0. The van der Waals surface area contributed by atoms with Crippen LogP contribution >= 0.6 is 0 Å². The molecule has 1 amide bonds. The number of amides is 1. The molecule has 6 heteroatoms. The van der Waals surface area contributed by atoms with Gasteiger partial charge in [0.15, 0.2) is 18.2 Å². The highest BCUT2D eigenvalue weighted by atomic mass is 16.1. The monoisotopic (exact) mass is 281 g/mol. The molecule has 0 atom stereocenters. The molecule has 3 rings (SSSR count). The highest BCUT2D eigenvalue weighted by Gasteiger charge is 2.10. The van der Waals surface area contributed by atoms with Crippen molar-refractivity contribution in [2.45, 2.75) is 6.54 Å². The SMILES string of the molecule is NC(=O)c1ccc[n+](Cc2nc3ccccc3c(=O)[nH]2)c1. The maximum Gasteiger partial charge on any atom is 0.258 e. The van der Waals surface area contributed by atoms with Crippen LogP contribution in [0.5, 0.6) is 0 Å². The lowest BCUT2D eigenvalue weighted by Crippen LogP contribution is -2.36. The summed E-state index contributed by atoms with van der Waals surface area (Å²) in [7, 11) is 0. The summed E-state index contributed by atoms with van der Waals surface area (Å²) in [6, 6.07) is 10.5. The smallest absolute Gasteiger partial charge is 0.258 e. The minimum absolute atomic E-state index is 0.178. The molecule has 21 heavy (non-hydrogen) atoms. The number of nitrogens with zero attached hydrogens (tertiary/aromatic N) is 2. The zero-order chi connectivity index (χ0) is 14.8. The molecule has 3 N–H and O–H groups in total. The second-order valence-corrected chi connectivity index (χ2v) is 4.66. The second-order valence-electron chi connectivity index (χ2n) is 4.66. The van der Waals surface area contributed by atoms with E-state index in [2.05, 4.69) is 9.97 Å². The number of rotatable bonds is 3. The van der Waals surface area contributed by atoms with E-state index in [0.717, 1.165) is 0 Å². The predicted molar refractivity (Wildman–Crippen MR) is 76.6 cm³/mol. The standard InChI is InChI=1S/C15H12N4O2/c16-14(20)10-4-3-7-19(8-10)9-13-17-12-6-2-1-5-11(12)15(21)18-13/h1-8H,9H2,(H2-,16,17,18,20,21)/p+1. The summed E-state index contributed by atoms with van der Waals surface area (Å²) in [6.07, 6.45) is 3.40. The van der Waals surface area contributed by atoms with Gasteiger partial charge in [0.2, 0.25) is 6.54 Å². The van der Waals surface area contributed by atoms with Crippen LogP contribution in [-0.4, -0.2) is 15.9 Å². The fourth-order valence-corrected chi connectivity index (χ4v) is 2.15. The van der Waals surface area contributed by atoms with E-state index in [1.807, 2.05) is 6.07 Å². The second kappa shape index (κ2) is 5.16. The zero-order valence-electron chi connectivity index (χ0n) is 11.1. The minimum atomic E-state index is -0.496. The third kappa shape index (κ3) is 2.64. The predicted octanol–water partition coefficient (Wildman–Crippen LogP) is 0.358. The van der Waals surface area contributed by atoms with E-state index in [1.54, 1.807) is 47.3 Å². The molecule has 0 bridgehead atoms. The fourth-order valence-electron chi connectivity index (χ4n) is 2.15. The number of nitrogens with one attached hydrogen (secondary N) is 1. The molecule has 2 heterocycles. The van der Waals surface area contributed by atoms with Gasteiger partial charge in [0, 0.05) is 6.07 Å². The first-order valence-corrected chi connectivity index (χ1v) is 6.40. The van der Waals surface area contributed by atoms with Crippen LogP contribution in [0.2, 0.25) is 0 Å². The van der Waals surface area contributed by atoms with E-state index < -0.39 is 5.91 Å². The number of hydrogen-bond acceptors (Lipinski definition) is 3. The van der Waals surface area contributed by atoms with Crippen molar-refractivity contribution in [3.63, 3.8) is 0 Å². The van der Waals surface area contributed by atoms with Crippen molar-refractivity contribution in [1.82, 2.24) is 9.97 Å². The fraction of sp³-hybridized carbons (Fsp3) is 0.0667. The number of H-pyrrole nitrogens is 1.